The van der Waals surface area contributed by atoms with Crippen molar-refractivity contribution in [1.29, 1.82) is 0 Å². The summed E-state index contributed by atoms with van der Waals surface area (Å²) in [7, 11) is 1.75. The number of amides is 2. The summed E-state index contributed by atoms with van der Waals surface area (Å²) in [6, 6.07) is 8.54. The van der Waals surface area contributed by atoms with Crippen LogP contribution in [0.5, 0.6) is 0 Å². The van der Waals surface area contributed by atoms with Gasteiger partial charge in [0.25, 0.3) is 6.43 Å². The molecule has 0 saturated carbocycles. The number of carbonyl (C=O) groups is 2. The predicted octanol–water partition coefficient (Wildman–Crippen LogP) is 2.08. The van der Waals surface area contributed by atoms with Crippen LogP contribution in [0.1, 0.15) is 25.1 Å². The molecule has 3 aliphatic heterocycles. The maximum atomic E-state index is 14.1. The number of morpholine rings is 1. The molecule has 3 fully saturated rings. The lowest BCUT2D eigenvalue weighted by Crippen LogP contribution is -2.59. The number of alkyl halides is 2. The summed E-state index contributed by atoms with van der Waals surface area (Å²) in [6.45, 7) is 3.73. The summed E-state index contributed by atoms with van der Waals surface area (Å²) < 4.78 is 35.0. The number of rotatable bonds is 6. The number of piperidine rings is 1. The minimum Gasteiger partial charge on any atom is -0.378 e. The first-order valence-electron chi connectivity index (χ1n) is 13.1. The fraction of sp³-hybridized carbons (Fsp3) is 0.500. The average molecular weight is 541 g/mol. The standard InChI is InChI=1S/C26H30F2N8O3/c1-33-7-6-16(12-22(33)37)25(38)35-14-17(15-35)29-20-13-21(32-26(31-20)34-8-10-39-11-9-34)36-19-5-3-2-4-18(19)30-24(36)23(27)28/h2-5,13,16-17,23H,6-12,14-15H2,1H3,(H,29,31,32). The zero-order valence-corrected chi connectivity index (χ0v) is 21.6. The molecule has 5 heterocycles. The van der Waals surface area contributed by atoms with E-state index in [0.717, 1.165) is 0 Å². The quantitative estimate of drug-likeness (QED) is 0.507. The molecule has 0 bridgehead atoms. The molecule has 2 amide bonds. The van der Waals surface area contributed by atoms with Gasteiger partial charge >= 0.3 is 0 Å². The Morgan fingerprint density at radius 2 is 1.87 bits per heavy atom. The van der Waals surface area contributed by atoms with Crippen LogP contribution in [0.25, 0.3) is 16.9 Å². The first-order chi connectivity index (χ1) is 18.9. The molecule has 3 aromatic rings. The van der Waals surface area contributed by atoms with Gasteiger partial charge in [-0.1, -0.05) is 12.1 Å². The summed E-state index contributed by atoms with van der Waals surface area (Å²) in [5, 5.41) is 3.36. The van der Waals surface area contributed by atoms with E-state index < -0.39 is 6.43 Å². The Hall–Kier alpha value is -3.87. The van der Waals surface area contributed by atoms with E-state index in [1.54, 1.807) is 47.2 Å². The molecule has 206 valence electrons. The summed E-state index contributed by atoms with van der Waals surface area (Å²) in [5.74, 6) is 0.499. The number of nitrogens with zero attached hydrogens (tertiary/aromatic N) is 7. The molecule has 6 rings (SSSR count). The molecule has 3 saturated heterocycles. The lowest BCUT2D eigenvalue weighted by Gasteiger charge is -2.42. The Morgan fingerprint density at radius 1 is 1.10 bits per heavy atom. The van der Waals surface area contributed by atoms with Crippen LogP contribution >= 0.6 is 0 Å². The predicted molar refractivity (Wildman–Crippen MR) is 139 cm³/mol. The Labute approximate surface area is 223 Å². The zero-order valence-electron chi connectivity index (χ0n) is 21.6. The molecule has 1 unspecified atom stereocenters. The highest BCUT2D eigenvalue weighted by Gasteiger charge is 2.37. The number of para-hydroxylation sites is 2. The molecule has 39 heavy (non-hydrogen) atoms. The molecule has 1 aromatic carbocycles. The van der Waals surface area contributed by atoms with Crippen LogP contribution in [0.4, 0.5) is 20.5 Å². The summed E-state index contributed by atoms with van der Waals surface area (Å²) in [4.78, 5) is 43.9. The number of imidazole rings is 1. The van der Waals surface area contributed by atoms with E-state index in [4.69, 9.17) is 9.72 Å². The maximum absolute atomic E-state index is 14.1. The molecule has 0 radical (unpaired) electrons. The Balaban J connectivity index is 1.25. The molecule has 3 aliphatic rings. The van der Waals surface area contributed by atoms with Crippen molar-refractivity contribution in [2.75, 3.05) is 63.2 Å². The lowest BCUT2D eigenvalue weighted by molar-refractivity contribution is -0.147. The van der Waals surface area contributed by atoms with Crippen molar-refractivity contribution in [2.45, 2.75) is 25.3 Å². The van der Waals surface area contributed by atoms with Crippen molar-refractivity contribution in [3.05, 3.63) is 36.2 Å². The molecule has 0 aliphatic carbocycles. The van der Waals surface area contributed by atoms with Gasteiger partial charge in [0.15, 0.2) is 5.82 Å². The third kappa shape index (κ3) is 4.98. The normalized spacial score (nSPS) is 20.6. The number of fused-ring (bicyclic) bond motifs is 1. The van der Waals surface area contributed by atoms with Crippen molar-refractivity contribution in [1.82, 2.24) is 29.3 Å². The molecule has 1 N–H and O–H groups in total. The first-order valence-corrected chi connectivity index (χ1v) is 13.1. The number of halogens is 2. The van der Waals surface area contributed by atoms with Crippen LogP contribution < -0.4 is 10.2 Å². The summed E-state index contributed by atoms with van der Waals surface area (Å²) in [6.07, 6.45) is -1.89. The fourth-order valence-electron chi connectivity index (χ4n) is 5.32. The highest BCUT2D eigenvalue weighted by Crippen LogP contribution is 2.30. The number of aromatic nitrogens is 4. The van der Waals surface area contributed by atoms with Gasteiger partial charge in [-0.25, -0.2) is 13.8 Å². The average Bonchev–Trinajstić information content (AvgIpc) is 3.32. The van der Waals surface area contributed by atoms with E-state index >= 15 is 0 Å². The van der Waals surface area contributed by atoms with E-state index in [9.17, 15) is 18.4 Å². The Morgan fingerprint density at radius 3 is 2.62 bits per heavy atom. The molecular formula is C26H30F2N8O3. The monoisotopic (exact) mass is 540 g/mol. The van der Waals surface area contributed by atoms with E-state index in [1.165, 1.54) is 4.57 Å². The number of hydrogen-bond acceptors (Lipinski definition) is 8. The minimum absolute atomic E-state index is 0.00153. The molecule has 13 heteroatoms. The third-order valence-corrected chi connectivity index (χ3v) is 7.56. The van der Waals surface area contributed by atoms with Crippen LogP contribution in [0.2, 0.25) is 0 Å². The van der Waals surface area contributed by atoms with Crippen LogP contribution in [-0.2, 0) is 14.3 Å². The van der Waals surface area contributed by atoms with Crippen molar-refractivity contribution < 1.29 is 23.1 Å². The smallest absolute Gasteiger partial charge is 0.296 e. The second-order valence-corrected chi connectivity index (χ2v) is 10.2. The zero-order chi connectivity index (χ0) is 27.1. The largest absolute Gasteiger partial charge is 0.378 e. The second kappa shape index (κ2) is 10.4. The minimum atomic E-state index is -2.80. The van der Waals surface area contributed by atoms with Gasteiger partial charge in [0.05, 0.1) is 30.3 Å². The maximum Gasteiger partial charge on any atom is 0.296 e. The first kappa shape index (κ1) is 25.4. The fourth-order valence-corrected chi connectivity index (χ4v) is 5.32. The van der Waals surface area contributed by atoms with E-state index in [1.807, 2.05) is 4.90 Å². The van der Waals surface area contributed by atoms with Gasteiger partial charge in [-0.2, -0.15) is 9.97 Å². The van der Waals surface area contributed by atoms with E-state index in [2.05, 4.69) is 15.3 Å². The number of nitrogens with one attached hydrogen (secondary N) is 1. The number of hydrogen-bond donors (Lipinski definition) is 1. The van der Waals surface area contributed by atoms with Crippen LogP contribution in [0.15, 0.2) is 30.3 Å². The van der Waals surface area contributed by atoms with Crippen LogP contribution in [0.3, 0.4) is 0 Å². The number of carbonyl (C=O) groups excluding carboxylic acids is 2. The van der Waals surface area contributed by atoms with E-state index in [-0.39, 0.29) is 41.8 Å². The summed E-state index contributed by atoms with van der Waals surface area (Å²) in [5.41, 5.74) is 0.979. The topological polar surface area (TPSA) is 109 Å². The van der Waals surface area contributed by atoms with Gasteiger partial charge in [0.2, 0.25) is 17.8 Å². The van der Waals surface area contributed by atoms with Gasteiger partial charge < -0.3 is 24.8 Å². The van der Waals surface area contributed by atoms with Crippen molar-refractivity contribution >= 4 is 34.6 Å². The van der Waals surface area contributed by atoms with Crippen LogP contribution in [0, 0.1) is 5.92 Å². The van der Waals surface area contributed by atoms with Crippen molar-refractivity contribution in [2.24, 2.45) is 5.92 Å². The lowest BCUT2D eigenvalue weighted by atomic mass is 9.93. The molecule has 2 aromatic heterocycles. The SMILES string of the molecule is CN1CCC(C(=O)N2CC(Nc3cc(-n4c(C(F)F)nc5ccccc54)nc(N4CCOCC4)n3)C2)CC1=O. The third-order valence-electron chi connectivity index (χ3n) is 7.56. The molecule has 1 atom stereocenters. The van der Waals surface area contributed by atoms with Crippen LogP contribution in [-0.4, -0.2) is 100 Å². The number of ether oxygens (including phenoxy) is 1. The van der Waals surface area contributed by atoms with Gasteiger partial charge in [-0.15, -0.1) is 0 Å². The number of benzene rings is 1. The second-order valence-electron chi connectivity index (χ2n) is 10.2. The Kier molecular flexibility index (Phi) is 6.75. The highest BCUT2D eigenvalue weighted by atomic mass is 19.3. The van der Waals surface area contributed by atoms with Gasteiger partial charge in [-0.3, -0.25) is 14.2 Å². The van der Waals surface area contributed by atoms with Gasteiger partial charge in [-0.05, 0) is 18.6 Å². The van der Waals surface area contributed by atoms with Gasteiger partial charge in [0.1, 0.15) is 11.6 Å². The van der Waals surface area contributed by atoms with E-state index in [0.29, 0.717) is 75.2 Å². The van der Waals surface area contributed by atoms with Crippen molar-refractivity contribution in [3.8, 4) is 5.82 Å². The Bertz CT molecular complexity index is 1390. The molecular weight excluding hydrogens is 510 g/mol. The number of anilines is 2. The number of likely N-dealkylation sites (tertiary alicyclic amines) is 2. The van der Waals surface area contributed by atoms with Gasteiger partial charge in [0, 0.05) is 58.2 Å². The molecule has 11 nitrogen and oxygen atoms in total. The summed E-state index contributed by atoms with van der Waals surface area (Å²) >= 11 is 0. The van der Waals surface area contributed by atoms with Crippen molar-refractivity contribution in [3.63, 3.8) is 0 Å². The highest BCUT2D eigenvalue weighted by molar-refractivity contribution is 5.87. The molecule has 0 spiro atoms.